The van der Waals surface area contributed by atoms with Gasteiger partial charge in [0.2, 0.25) is 0 Å². The molecule has 1 amide bonds. The first-order valence-corrected chi connectivity index (χ1v) is 5.26. The van der Waals surface area contributed by atoms with Crippen molar-refractivity contribution >= 4 is 5.91 Å². The molecule has 2 aromatic rings. The van der Waals surface area contributed by atoms with Crippen LogP contribution in [0.25, 0.3) is 0 Å². The fraction of sp³-hybridized carbons (Fsp3) is 0.182. The lowest BCUT2D eigenvalue weighted by Crippen LogP contribution is -2.24. The highest BCUT2D eigenvalue weighted by molar-refractivity contribution is 5.94. The van der Waals surface area contributed by atoms with Crippen LogP contribution in [0.1, 0.15) is 21.6 Å². The molecular formula is C11H12N4O3. The minimum absolute atomic E-state index is 0.109. The van der Waals surface area contributed by atoms with Gasteiger partial charge in [0, 0.05) is 29.9 Å². The maximum atomic E-state index is 11.8. The summed E-state index contributed by atoms with van der Waals surface area (Å²) in [6.07, 6.45) is 1.62. The molecule has 0 fully saturated rings. The Labute approximate surface area is 102 Å². The first kappa shape index (κ1) is 11.9. The summed E-state index contributed by atoms with van der Waals surface area (Å²) in [6.45, 7) is 2.14. The monoisotopic (exact) mass is 248 g/mol. The highest BCUT2D eigenvalue weighted by atomic mass is 16.3. The van der Waals surface area contributed by atoms with E-state index in [-0.39, 0.29) is 11.4 Å². The molecular weight excluding hydrogens is 236 g/mol. The van der Waals surface area contributed by atoms with Crippen LogP contribution in [0.15, 0.2) is 23.1 Å². The van der Waals surface area contributed by atoms with Gasteiger partial charge in [0.05, 0.1) is 11.8 Å². The molecule has 0 aliphatic heterocycles. The van der Waals surface area contributed by atoms with Crippen LogP contribution in [0.3, 0.4) is 0 Å². The number of aromatic hydroxyl groups is 1. The normalized spacial score (nSPS) is 10.3. The first-order valence-electron chi connectivity index (χ1n) is 5.26. The summed E-state index contributed by atoms with van der Waals surface area (Å²) in [5, 5.41) is 18.4. The van der Waals surface area contributed by atoms with Gasteiger partial charge in [-0.05, 0) is 6.92 Å². The molecule has 0 spiro atoms. The predicted molar refractivity (Wildman–Crippen MR) is 63.2 cm³/mol. The molecule has 0 radical (unpaired) electrons. The third-order valence-electron chi connectivity index (χ3n) is 2.47. The lowest BCUT2D eigenvalue weighted by Gasteiger charge is -2.04. The standard InChI is InChI=1S/C11H12N4O3/c1-6-8(5-13-15-6)4-12-11(18)7-2-9(16)14-10(17)3-7/h2-3,5H,4H2,1H3,(H,12,18)(H,13,15)(H2,14,16,17). The van der Waals surface area contributed by atoms with Crippen LogP contribution in [0.5, 0.6) is 5.88 Å². The number of hydrogen-bond donors (Lipinski definition) is 4. The second-order valence-corrected chi connectivity index (χ2v) is 3.82. The van der Waals surface area contributed by atoms with Crippen LogP contribution >= 0.6 is 0 Å². The minimum Gasteiger partial charge on any atom is -0.494 e. The number of aromatic nitrogens is 3. The Morgan fingerprint density at radius 1 is 1.50 bits per heavy atom. The SMILES string of the molecule is Cc1[nH]ncc1CNC(=O)c1cc(O)[nH]c(=O)c1. The quantitative estimate of drug-likeness (QED) is 0.614. The van der Waals surface area contributed by atoms with E-state index in [4.69, 9.17) is 0 Å². The van der Waals surface area contributed by atoms with E-state index < -0.39 is 11.5 Å². The molecule has 0 unspecified atom stereocenters. The zero-order valence-corrected chi connectivity index (χ0v) is 9.65. The van der Waals surface area contributed by atoms with Crippen molar-refractivity contribution in [2.24, 2.45) is 0 Å². The average molecular weight is 248 g/mol. The van der Waals surface area contributed by atoms with Crippen LogP contribution in [0.2, 0.25) is 0 Å². The predicted octanol–water partition coefficient (Wildman–Crippen LogP) is 0.0420. The Bertz CT molecular complexity index is 629. The Kier molecular flexibility index (Phi) is 3.13. The van der Waals surface area contributed by atoms with Gasteiger partial charge >= 0.3 is 0 Å². The van der Waals surface area contributed by atoms with E-state index in [0.717, 1.165) is 17.3 Å². The van der Waals surface area contributed by atoms with E-state index in [2.05, 4.69) is 20.5 Å². The fourth-order valence-electron chi connectivity index (χ4n) is 1.49. The fourth-order valence-corrected chi connectivity index (χ4v) is 1.49. The number of amides is 1. The molecule has 4 N–H and O–H groups in total. The largest absolute Gasteiger partial charge is 0.494 e. The van der Waals surface area contributed by atoms with E-state index in [9.17, 15) is 14.7 Å². The minimum atomic E-state index is -0.528. The van der Waals surface area contributed by atoms with E-state index in [1.54, 1.807) is 6.20 Å². The number of nitrogens with zero attached hydrogens (tertiary/aromatic N) is 1. The molecule has 0 bridgehead atoms. The van der Waals surface area contributed by atoms with Crippen molar-refractivity contribution in [3.63, 3.8) is 0 Å². The smallest absolute Gasteiger partial charge is 0.251 e. The maximum absolute atomic E-state index is 11.8. The Morgan fingerprint density at radius 2 is 2.28 bits per heavy atom. The average Bonchev–Trinajstić information content (AvgIpc) is 2.70. The molecule has 7 heteroatoms. The lowest BCUT2D eigenvalue weighted by atomic mass is 10.2. The van der Waals surface area contributed by atoms with E-state index in [1.165, 1.54) is 6.07 Å². The zero-order chi connectivity index (χ0) is 13.1. The number of aromatic amines is 2. The Balaban J connectivity index is 2.08. The zero-order valence-electron chi connectivity index (χ0n) is 9.65. The number of H-pyrrole nitrogens is 2. The van der Waals surface area contributed by atoms with Crippen molar-refractivity contribution in [1.29, 1.82) is 0 Å². The third-order valence-corrected chi connectivity index (χ3v) is 2.47. The number of rotatable bonds is 3. The first-order chi connectivity index (χ1) is 8.56. The topological polar surface area (TPSA) is 111 Å². The Morgan fingerprint density at radius 3 is 2.89 bits per heavy atom. The number of carbonyl (C=O) groups excluding carboxylic acids is 1. The van der Waals surface area contributed by atoms with Gasteiger partial charge in [-0.15, -0.1) is 0 Å². The summed E-state index contributed by atoms with van der Waals surface area (Å²) < 4.78 is 0. The van der Waals surface area contributed by atoms with Crippen molar-refractivity contribution in [2.75, 3.05) is 0 Å². The van der Waals surface area contributed by atoms with Gasteiger partial charge < -0.3 is 10.4 Å². The molecule has 2 heterocycles. The second kappa shape index (κ2) is 4.74. The molecule has 2 rings (SSSR count). The van der Waals surface area contributed by atoms with Gasteiger partial charge in [0.25, 0.3) is 11.5 Å². The number of pyridine rings is 1. The summed E-state index contributed by atoms with van der Waals surface area (Å²) in [6, 6.07) is 2.32. The van der Waals surface area contributed by atoms with Crippen molar-refractivity contribution in [2.45, 2.75) is 13.5 Å². The van der Waals surface area contributed by atoms with Crippen LogP contribution < -0.4 is 10.9 Å². The molecule has 7 nitrogen and oxygen atoms in total. The number of aryl methyl sites for hydroxylation is 1. The molecule has 0 aliphatic rings. The van der Waals surface area contributed by atoms with Gasteiger partial charge in [-0.3, -0.25) is 19.7 Å². The number of hydrogen-bond acceptors (Lipinski definition) is 4. The third kappa shape index (κ3) is 2.57. The molecule has 0 atom stereocenters. The van der Waals surface area contributed by atoms with Gasteiger partial charge in [-0.1, -0.05) is 0 Å². The molecule has 2 aromatic heterocycles. The van der Waals surface area contributed by atoms with Gasteiger partial charge in [0.15, 0.2) is 5.88 Å². The highest BCUT2D eigenvalue weighted by Gasteiger charge is 2.09. The van der Waals surface area contributed by atoms with E-state index in [1.807, 2.05) is 6.92 Å². The van der Waals surface area contributed by atoms with Crippen LogP contribution in [-0.2, 0) is 6.54 Å². The molecule has 0 saturated carbocycles. The summed E-state index contributed by atoms with van der Waals surface area (Å²) in [4.78, 5) is 25.0. The maximum Gasteiger partial charge on any atom is 0.251 e. The molecule has 0 aliphatic carbocycles. The van der Waals surface area contributed by atoms with Crippen LogP contribution in [0.4, 0.5) is 0 Å². The number of nitrogens with one attached hydrogen (secondary N) is 3. The molecule has 0 aromatic carbocycles. The molecule has 18 heavy (non-hydrogen) atoms. The highest BCUT2D eigenvalue weighted by Crippen LogP contribution is 2.05. The van der Waals surface area contributed by atoms with Crippen molar-refractivity contribution in [3.8, 4) is 5.88 Å². The molecule has 94 valence electrons. The van der Waals surface area contributed by atoms with Crippen molar-refractivity contribution in [3.05, 3.63) is 45.5 Å². The van der Waals surface area contributed by atoms with Gasteiger partial charge in [-0.25, -0.2) is 0 Å². The second-order valence-electron chi connectivity index (χ2n) is 3.82. The number of carbonyl (C=O) groups is 1. The lowest BCUT2D eigenvalue weighted by molar-refractivity contribution is 0.0950. The Hall–Kier alpha value is -2.57. The molecule has 0 saturated heterocycles. The van der Waals surface area contributed by atoms with E-state index in [0.29, 0.717) is 6.54 Å². The van der Waals surface area contributed by atoms with Crippen LogP contribution in [-0.4, -0.2) is 26.2 Å². The summed E-state index contributed by atoms with van der Waals surface area (Å²) in [5.41, 5.74) is 1.30. The van der Waals surface area contributed by atoms with Crippen LogP contribution in [0, 0.1) is 6.92 Å². The summed E-state index contributed by atoms with van der Waals surface area (Å²) in [7, 11) is 0. The van der Waals surface area contributed by atoms with E-state index >= 15 is 0 Å². The summed E-state index contributed by atoms with van der Waals surface area (Å²) in [5.74, 6) is -0.774. The summed E-state index contributed by atoms with van der Waals surface area (Å²) >= 11 is 0. The van der Waals surface area contributed by atoms with Crippen molar-refractivity contribution < 1.29 is 9.90 Å². The van der Waals surface area contributed by atoms with Gasteiger partial charge in [-0.2, -0.15) is 5.10 Å². The van der Waals surface area contributed by atoms with Crippen molar-refractivity contribution in [1.82, 2.24) is 20.5 Å². The van der Waals surface area contributed by atoms with Gasteiger partial charge in [0.1, 0.15) is 0 Å².